The van der Waals surface area contributed by atoms with E-state index in [9.17, 15) is 9.59 Å². The standard InChI is InChI=1S/C23H28N4O3/c1-3-18-11-21(26-30-18)22(28)25-13-20-15(2)24-12-17-14-27(10-9-19(17)20)23(29)16-7-5-4-6-8-16/h4-5,11-12,16H,3,6-10,13-14H2,1-2H3,(H,25,28)/t16-/m0/s1. The van der Waals surface area contributed by atoms with Crippen molar-refractivity contribution in [2.75, 3.05) is 6.54 Å². The molecule has 7 heteroatoms. The van der Waals surface area contributed by atoms with Crippen LogP contribution in [0.1, 0.15) is 64.8 Å². The highest BCUT2D eigenvalue weighted by molar-refractivity contribution is 5.92. The Morgan fingerprint density at radius 2 is 2.20 bits per heavy atom. The van der Waals surface area contributed by atoms with Crippen molar-refractivity contribution >= 4 is 11.8 Å². The van der Waals surface area contributed by atoms with Crippen LogP contribution in [-0.2, 0) is 30.7 Å². The Bertz CT molecular complexity index is 979. The lowest BCUT2D eigenvalue weighted by atomic mass is 9.90. The summed E-state index contributed by atoms with van der Waals surface area (Å²) in [6.45, 7) is 5.59. The number of aromatic nitrogens is 2. The van der Waals surface area contributed by atoms with Crippen LogP contribution in [0.4, 0.5) is 0 Å². The third-order valence-electron chi connectivity index (χ3n) is 6.09. The van der Waals surface area contributed by atoms with Crippen LogP contribution < -0.4 is 5.32 Å². The van der Waals surface area contributed by atoms with Gasteiger partial charge < -0.3 is 14.7 Å². The van der Waals surface area contributed by atoms with Crippen molar-refractivity contribution in [1.29, 1.82) is 0 Å². The first-order valence-electron chi connectivity index (χ1n) is 10.7. The minimum absolute atomic E-state index is 0.101. The monoisotopic (exact) mass is 408 g/mol. The Balaban J connectivity index is 1.45. The van der Waals surface area contributed by atoms with Crippen LogP contribution in [0.25, 0.3) is 0 Å². The fourth-order valence-electron chi connectivity index (χ4n) is 4.27. The van der Waals surface area contributed by atoms with E-state index in [1.807, 2.05) is 24.9 Å². The Kier molecular flexibility index (Phi) is 5.97. The van der Waals surface area contributed by atoms with Crippen molar-refractivity contribution < 1.29 is 14.1 Å². The molecule has 3 heterocycles. The molecule has 0 saturated heterocycles. The number of carbonyl (C=O) groups excluding carboxylic acids is 2. The van der Waals surface area contributed by atoms with Crippen molar-refractivity contribution in [2.24, 2.45) is 5.92 Å². The van der Waals surface area contributed by atoms with Gasteiger partial charge in [0.05, 0.1) is 0 Å². The second-order valence-electron chi connectivity index (χ2n) is 8.03. The van der Waals surface area contributed by atoms with Gasteiger partial charge in [-0.2, -0.15) is 0 Å². The molecule has 7 nitrogen and oxygen atoms in total. The summed E-state index contributed by atoms with van der Waals surface area (Å²) < 4.78 is 5.12. The van der Waals surface area contributed by atoms with Gasteiger partial charge in [0.2, 0.25) is 5.91 Å². The Hall–Kier alpha value is -2.96. The van der Waals surface area contributed by atoms with E-state index < -0.39 is 0 Å². The predicted molar refractivity (Wildman–Crippen MR) is 112 cm³/mol. The van der Waals surface area contributed by atoms with Crippen molar-refractivity contribution in [3.8, 4) is 0 Å². The van der Waals surface area contributed by atoms with E-state index in [-0.39, 0.29) is 17.7 Å². The topological polar surface area (TPSA) is 88.3 Å². The summed E-state index contributed by atoms with van der Waals surface area (Å²) >= 11 is 0. The summed E-state index contributed by atoms with van der Waals surface area (Å²) in [5.74, 6) is 0.782. The highest BCUT2D eigenvalue weighted by Gasteiger charge is 2.28. The molecule has 2 aliphatic rings. The SMILES string of the molecule is CCc1cc(C(=O)NCc2c(C)ncc3c2CCN(C(=O)[C@H]2CC=CCC2)C3)no1. The van der Waals surface area contributed by atoms with E-state index in [1.54, 1.807) is 6.07 Å². The summed E-state index contributed by atoms with van der Waals surface area (Å²) in [5, 5.41) is 6.77. The molecule has 1 N–H and O–H groups in total. The lowest BCUT2D eigenvalue weighted by Crippen LogP contribution is -2.40. The van der Waals surface area contributed by atoms with Crippen LogP contribution >= 0.6 is 0 Å². The van der Waals surface area contributed by atoms with Crippen LogP contribution in [0.15, 0.2) is 28.9 Å². The van der Waals surface area contributed by atoms with Gasteiger partial charge in [-0.1, -0.05) is 24.2 Å². The van der Waals surface area contributed by atoms with Crippen LogP contribution in [0.3, 0.4) is 0 Å². The number of hydrogen-bond donors (Lipinski definition) is 1. The molecule has 1 aliphatic carbocycles. The van der Waals surface area contributed by atoms with Crippen molar-refractivity contribution in [2.45, 2.75) is 59.0 Å². The van der Waals surface area contributed by atoms with Crippen LogP contribution in [0.5, 0.6) is 0 Å². The van der Waals surface area contributed by atoms with E-state index in [0.29, 0.717) is 37.5 Å². The van der Waals surface area contributed by atoms with Gasteiger partial charge in [-0.25, -0.2) is 0 Å². The summed E-state index contributed by atoms with van der Waals surface area (Å²) in [5.41, 5.74) is 4.50. The molecule has 0 aromatic carbocycles. The highest BCUT2D eigenvalue weighted by atomic mass is 16.5. The number of pyridine rings is 1. The molecule has 0 unspecified atom stereocenters. The summed E-state index contributed by atoms with van der Waals surface area (Å²) in [4.78, 5) is 31.8. The van der Waals surface area contributed by atoms with Crippen LogP contribution in [0, 0.1) is 12.8 Å². The molecule has 4 rings (SSSR count). The molecular formula is C23H28N4O3. The van der Waals surface area contributed by atoms with Crippen LogP contribution in [0.2, 0.25) is 0 Å². The average Bonchev–Trinajstić information content (AvgIpc) is 3.27. The van der Waals surface area contributed by atoms with Crippen molar-refractivity contribution in [3.63, 3.8) is 0 Å². The van der Waals surface area contributed by atoms with Gasteiger partial charge >= 0.3 is 0 Å². The Morgan fingerprint density at radius 3 is 2.93 bits per heavy atom. The second-order valence-corrected chi connectivity index (χ2v) is 8.03. The van der Waals surface area contributed by atoms with Gasteiger partial charge in [0.15, 0.2) is 5.69 Å². The first-order chi connectivity index (χ1) is 14.6. The first-order valence-corrected chi connectivity index (χ1v) is 10.7. The fraction of sp³-hybridized carbons (Fsp3) is 0.478. The number of nitrogens with one attached hydrogen (secondary N) is 1. The molecule has 30 heavy (non-hydrogen) atoms. The Morgan fingerprint density at radius 1 is 1.33 bits per heavy atom. The van der Waals surface area contributed by atoms with E-state index in [2.05, 4.69) is 27.6 Å². The third-order valence-corrected chi connectivity index (χ3v) is 6.09. The zero-order valence-corrected chi connectivity index (χ0v) is 17.6. The summed E-state index contributed by atoms with van der Waals surface area (Å²) in [6, 6.07) is 1.67. The normalized spacial score (nSPS) is 18.2. The predicted octanol–water partition coefficient (Wildman–Crippen LogP) is 3.11. The zero-order chi connectivity index (χ0) is 21.1. The number of allylic oxidation sites excluding steroid dienone is 2. The quantitative estimate of drug-likeness (QED) is 0.768. The van der Waals surface area contributed by atoms with Gasteiger partial charge in [-0.05, 0) is 49.3 Å². The molecule has 2 aromatic heterocycles. The molecule has 0 radical (unpaired) electrons. The number of aryl methyl sites for hydroxylation is 2. The average molecular weight is 409 g/mol. The minimum atomic E-state index is -0.256. The number of carbonyl (C=O) groups is 2. The van der Waals surface area contributed by atoms with Gasteiger partial charge in [0.25, 0.3) is 5.91 Å². The lowest BCUT2D eigenvalue weighted by molar-refractivity contribution is -0.136. The molecule has 1 atom stereocenters. The van der Waals surface area contributed by atoms with Gasteiger partial charge in [0.1, 0.15) is 5.76 Å². The number of hydrogen-bond acceptors (Lipinski definition) is 5. The number of fused-ring (bicyclic) bond motifs is 1. The molecule has 0 saturated carbocycles. The maximum absolute atomic E-state index is 12.9. The zero-order valence-electron chi connectivity index (χ0n) is 17.6. The van der Waals surface area contributed by atoms with E-state index >= 15 is 0 Å². The van der Waals surface area contributed by atoms with Crippen molar-refractivity contribution in [1.82, 2.24) is 20.4 Å². The molecule has 158 valence electrons. The molecule has 0 bridgehead atoms. The highest BCUT2D eigenvalue weighted by Crippen LogP contribution is 2.27. The molecule has 2 amide bonds. The van der Waals surface area contributed by atoms with Crippen molar-refractivity contribution in [3.05, 3.63) is 58.3 Å². The summed E-state index contributed by atoms with van der Waals surface area (Å²) in [6.07, 6.45) is 10.4. The number of nitrogens with zero attached hydrogens (tertiary/aromatic N) is 3. The largest absolute Gasteiger partial charge is 0.361 e. The number of rotatable bonds is 5. The molecule has 0 fully saturated rings. The smallest absolute Gasteiger partial charge is 0.273 e. The molecule has 0 spiro atoms. The van der Waals surface area contributed by atoms with E-state index in [1.165, 1.54) is 5.56 Å². The summed E-state index contributed by atoms with van der Waals surface area (Å²) in [7, 11) is 0. The van der Waals surface area contributed by atoms with Gasteiger partial charge in [-0.3, -0.25) is 14.6 Å². The first kappa shape index (κ1) is 20.3. The van der Waals surface area contributed by atoms with E-state index in [4.69, 9.17) is 4.52 Å². The Labute approximate surface area is 176 Å². The van der Waals surface area contributed by atoms with Crippen LogP contribution in [-0.4, -0.2) is 33.4 Å². The maximum Gasteiger partial charge on any atom is 0.273 e. The van der Waals surface area contributed by atoms with E-state index in [0.717, 1.165) is 42.5 Å². The molecule has 1 aliphatic heterocycles. The minimum Gasteiger partial charge on any atom is -0.361 e. The number of amides is 2. The third kappa shape index (κ3) is 4.15. The fourth-order valence-corrected chi connectivity index (χ4v) is 4.27. The maximum atomic E-state index is 12.9. The van der Waals surface area contributed by atoms with Gasteiger partial charge in [0, 0.05) is 49.9 Å². The van der Waals surface area contributed by atoms with Gasteiger partial charge in [-0.15, -0.1) is 0 Å². The molecule has 2 aromatic rings. The molecular weight excluding hydrogens is 380 g/mol. The second kappa shape index (κ2) is 8.81. The lowest BCUT2D eigenvalue weighted by Gasteiger charge is -2.33.